The Morgan fingerprint density at radius 1 is 1.35 bits per heavy atom. The zero-order valence-corrected chi connectivity index (χ0v) is 13.9. The fourth-order valence-corrected chi connectivity index (χ4v) is 2.52. The number of rotatable bonds is 5. The lowest BCUT2D eigenvalue weighted by Crippen LogP contribution is -2.51. The maximum absolute atomic E-state index is 12.5. The molecule has 2 rings (SSSR count). The van der Waals surface area contributed by atoms with E-state index in [1.54, 1.807) is 49.7 Å². The molecule has 0 saturated carbocycles. The minimum absolute atomic E-state index is 0.187. The van der Waals surface area contributed by atoms with Gasteiger partial charge in [0.2, 0.25) is 0 Å². The molecule has 1 aromatic heterocycles. The second kappa shape index (κ2) is 6.42. The fraction of sp³-hybridized carbons (Fsp3) is 0.312. The summed E-state index contributed by atoms with van der Waals surface area (Å²) in [6.07, 6.45) is 1.61. The smallest absolute Gasteiger partial charge is 0.334 e. The van der Waals surface area contributed by atoms with Gasteiger partial charge in [-0.15, -0.1) is 0 Å². The van der Waals surface area contributed by atoms with E-state index in [0.717, 1.165) is 0 Å². The average molecular weight is 336 g/mol. The highest BCUT2D eigenvalue weighted by Crippen LogP contribution is 2.27. The summed E-state index contributed by atoms with van der Waals surface area (Å²) in [4.78, 5) is 28.5. The molecule has 1 heterocycles. The van der Waals surface area contributed by atoms with Gasteiger partial charge in [-0.1, -0.05) is 30.7 Å². The van der Waals surface area contributed by atoms with Gasteiger partial charge in [-0.2, -0.15) is 0 Å². The second-order valence-corrected chi connectivity index (χ2v) is 5.71. The van der Waals surface area contributed by atoms with Crippen molar-refractivity contribution in [3.05, 3.63) is 52.6 Å². The lowest BCUT2D eigenvalue weighted by Gasteiger charge is -2.30. The normalized spacial score (nSPS) is 13.4. The molecule has 0 bridgehead atoms. The van der Waals surface area contributed by atoms with Crippen LogP contribution in [0.3, 0.4) is 0 Å². The predicted octanol–water partition coefficient (Wildman–Crippen LogP) is 2.50. The Labute approximate surface area is 139 Å². The Hall–Kier alpha value is -2.34. The number of carbonyl (C=O) groups is 2. The standard InChI is InChI=1S/C16H18ClN3O3/c1-4-16(15(22)23,11-5-7-12(17)8-6-11)19-14(21)13-9-18-10(2)20(13)3/h5-9H,4H2,1-3H3,(H,19,21)(H,22,23). The van der Waals surface area contributed by atoms with Crippen molar-refractivity contribution < 1.29 is 14.7 Å². The molecule has 0 fully saturated rings. The molecule has 1 aromatic carbocycles. The number of aromatic nitrogens is 2. The van der Waals surface area contributed by atoms with Gasteiger partial charge in [-0.3, -0.25) is 4.79 Å². The number of carbonyl (C=O) groups excluding carboxylic acids is 1. The number of imidazole rings is 1. The molecule has 1 unspecified atom stereocenters. The van der Waals surface area contributed by atoms with Crippen molar-refractivity contribution in [2.24, 2.45) is 7.05 Å². The third-order valence-electron chi connectivity index (χ3n) is 4.01. The van der Waals surface area contributed by atoms with Crippen molar-refractivity contribution in [3.63, 3.8) is 0 Å². The average Bonchev–Trinajstić information content (AvgIpc) is 2.85. The van der Waals surface area contributed by atoms with E-state index in [1.807, 2.05) is 0 Å². The van der Waals surface area contributed by atoms with Crippen molar-refractivity contribution in [2.75, 3.05) is 0 Å². The Morgan fingerprint density at radius 3 is 2.39 bits per heavy atom. The molecular formula is C16H18ClN3O3. The molecule has 2 N–H and O–H groups in total. The Morgan fingerprint density at radius 2 is 1.96 bits per heavy atom. The number of carboxylic acid groups (broad SMARTS) is 1. The van der Waals surface area contributed by atoms with Crippen LogP contribution in [0.2, 0.25) is 5.02 Å². The molecular weight excluding hydrogens is 318 g/mol. The Bertz CT molecular complexity index is 740. The number of benzene rings is 1. The van der Waals surface area contributed by atoms with E-state index in [1.165, 1.54) is 6.20 Å². The van der Waals surface area contributed by atoms with Crippen molar-refractivity contribution in [3.8, 4) is 0 Å². The molecule has 23 heavy (non-hydrogen) atoms. The Balaban J connectivity index is 2.43. The van der Waals surface area contributed by atoms with Gasteiger partial charge in [0.25, 0.3) is 5.91 Å². The highest BCUT2D eigenvalue weighted by molar-refractivity contribution is 6.30. The van der Waals surface area contributed by atoms with E-state index in [9.17, 15) is 14.7 Å². The molecule has 1 amide bonds. The third kappa shape index (κ3) is 3.07. The summed E-state index contributed by atoms with van der Waals surface area (Å²) in [5.41, 5.74) is -0.764. The van der Waals surface area contributed by atoms with Gasteiger partial charge in [0, 0.05) is 12.1 Å². The first kappa shape index (κ1) is 17.0. The minimum Gasteiger partial charge on any atom is -0.479 e. The van der Waals surface area contributed by atoms with Gasteiger partial charge >= 0.3 is 5.97 Å². The van der Waals surface area contributed by atoms with Crippen molar-refractivity contribution in [1.82, 2.24) is 14.9 Å². The number of halogens is 1. The van der Waals surface area contributed by atoms with Gasteiger partial charge in [-0.25, -0.2) is 9.78 Å². The van der Waals surface area contributed by atoms with E-state index in [0.29, 0.717) is 22.1 Å². The van der Waals surface area contributed by atoms with Crippen molar-refractivity contribution >= 4 is 23.5 Å². The van der Waals surface area contributed by atoms with Crippen LogP contribution in [0.5, 0.6) is 0 Å². The monoisotopic (exact) mass is 335 g/mol. The van der Waals surface area contributed by atoms with Gasteiger partial charge in [-0.05, 0) is 31.0 Å². The first-order chi connectivity index (χ1) is 10.8. The van der Waals surface area contributed by atoms with Crippen LogP contribution in [0, 0.1) is 6.92 Å². The van der Waals surface area contributed by atoms with Crippen LogP contribution in [-0.4, -0.2) is 26.5 Å². The number of carboxylic acids is 1. The van der Waals surface area contributed by atoms with Gasteiger partial charge in [0.1, 0.15) is 11.5 Å². The largest absolute Gasteiger partial charge is 0.479 e. The summed E-state index contributed by atoms with van der Waals surface area (Å²) in [7, 11) is 1.70. The first-order valence-corrected chi connectivity index (χ1v) is 7.50. The lowest BCUT2D eigenvalue weighted by atomic mass is 9.87. The number of hydrogen-bond donors (Lipinski definition) is 2. The summed E-state index contributed by atoms with van der Waals surface area (Å²) in [6, 6.07) is 6.42. The summed E-state index contributed by atoms with van der Waals surface area (Å²) in [5.74, 6) is -0.957. The predicted molar refractivity (Wildman–Crippen MR) is 86.5 cm³/mol. The highest BCUT2D eigenvalue weighted by Gasteiger charge is 2.41. The van der Waals surface area contributed by atoms with Crippen molar-refractivity contribution in [1.29, 1.82) is 0 Å². The number of aliphatic carboxylic acids is 1. The van der Waals surface area contributed by atoms with Crippen LogP contribution in [0.1, 0.15) is 35.2 Å². The van der Waals surface area contributed by atoms with Crippen LogP contribution < -0.4 is 5.32 Å². The summed E-state index contributed by atoms with van der Waals surface area (Å²) in [6.45, 7) is 3.47. The third-order valence-corrected chi connectivity index (χ3v) is 4.26. The van der Waals surface area contributed by atoms with E-state index in [4.69, 9.17) is 11.6 Å². The summed E-state index contributed by atoms with van der Waals surface area (Å²) in [5, 5.41) is 12.9. The van der Waals surface area contributed by atoms with E-state index in [2.05, 4.69) is 10.3 Å². The van der Waals surface area contributed by atoms with E-state index in [-0.39, 0.29) is 6.42 Å². The highest BCUT2D eigenvalue weighted by atomic mass is 35.5. The molecule has 0 saturated heterocycles. The quantitative estimate of drug-likeness (QED) is 0.879. The van der Waals surface area contributed by atoms with Gasteiger partial charge in [0.05, 0.1) is 6.20 Å². The summed E-state index contributed by atoms with van der Waals surface area (Å²) < 4.78 is 1.61. The molecule has 7 heteroatoms. The fourth-order valence-electron chi connectivity index (χ4n) is 2.40. The number of hydrogen-bond acceptors (Lipinski definition) is 3. The molecule has 1 atom stereocenters. The molecule has 0 radical (unpaired) electrons. The SMILES string of the molecule is CCC(NC(=O)c1cnc(C)n1C)(C(=O)O)c1ccc(Cl)cc1. The van der Waals surface area contributed by atoms with Crippen LogP contribution in [0.25, 0.3) is 0 Å². The lowest BCUT2D eigenvalue weighted by molar-refractivity contribution is -0.145. The van der Waals surface area contributed by atoms with Crippen LogP contribution in [0.4, 0.5) is 0 Å². The maximum atomic E-state index is 12.5. The van der Waals surface area contributed by atoms with Crippen LogP contribution in [0.15, 0.2) is 30.5 Å². The van der Waals surface area contributed by atoms with Gasteiger partial charge in [0.15, 0.2) is 5.54 Å². The van der Waals surface area contributed by atoms with E-state index >= 15 is 0 Å². The topological polar surface area (TPSA) is 84.2 Å². The number of nitrogens with zero attached hydrogens (tertiary/aromatic N) is 2. The summed E-state index contributed by atoms with van der Waals surface area (Å²) >= 11 is 5.86. The number of nitrogens with one attached hydrogen (secondary N) is 1. The number of amides is 1. The second-order valence-electron chi connectivity index (χ2n) is 5.27. The zero-order chi connectivity index (χ0) is 17.2. The molecule has 0 aliphatic rings. The first-order valence-electron chi connectivity index (χ1n) is 7.12. The molecule has 0 spiro atoms. The van der Waals surface area contributed by atoms with Crippen LogP contribution >= 0.6 is 11.6 Å². The molecule has 122 valence electrons. The van der Waals surface area contributed by atoms with Crippen LogP contribution in [-0.2, 0) is 17.4 Å². The molecule has 2 aromatic rings. The van der Waals surface area contributed by atoms with E-state index < -0.39 is 17.4 Å². The number of aryl methyl sites for hydroxylation is 1. The van der Waals surface area contributed by atoms with Crippen molar-refractivity contribution in [2.45, 2.75) is 25.8 Å². The maximum Gasteiger partial charge on any atom is 0.334 e. The van der Waals surface area contributed by atoms with Gasteiger partial charge < -0.3 is 15.0 Å². The Kier molecular flexibility index (Phi) is 4.75. The molecule has 6 nitrogen and oxygen atoms in total. The zero-order valence-electron chi connectivity index (χ0n) is 13.1. The molecule has 0 aliphatic heterocycles. The molecule has 0 aliphatic carbocycles. The minimum atomic E-state index is -1.53.